The minimum Gasteiger partial charge on any atom is -0.353 e. The molecule has 1 aliphatic heterocycles. The average Bonchev–Trinajstić information content (AvgIpc) is 2.57. The Morgan fingerprint density at radius 1 is 1.12 bits per heavy atom. The molecule has 2 aromatic rings. The molecular formula is C18H26N6. The lowest BCUT2D eigenvalue weighted by Crippen LogP contribution is -2.44. The molecule has 0 bridgehead atoms. The van der Waals surface area contributed by atoms with Crippen molar-refractivity contribution in [2.45, 2.75) is 26.7 Å². The summed E-state index contributed by atoms with van der Waals surface area (Å²) < 4.78 is 0. The Morgan fingerprint density at radius 2 is 1.88 bits per heavy atom. The molecule has 2 heterocycles. The summed E-state index contributed by atoms with van der Waals surface area (Å²) in [5, 5.41) is 11.7. The summed E-state index contributed by atoms with van der Waals surface area (Å²) in [5.41, 5.74) is 3.54. The maximum absolute atomic E-state index is 4.68. The van der Waals surface area contributed by atoms with Gasteiger partial charge >= 0.3 is 0 Å². The van der Waals surface area contributed by atoms with E-state index in [1.165, 1.54) is 11.1 Å². The number of hydrogen-bond acceptors (Lipinski definition) is 6. The van der Waals surface area contributed by atoms with Crippen LogP contribution in [0.4, 0.5) is 17.5 Å². The predicted molar refractivity (Wildman–Crippen MR) is 98.1 cm³/mol. The van der Waals surface area contributed by atoms with Gasteiger partial charge in [0.05, 0.1) is 6.20 Å². The van der Waals surface area contributed by atoms with Crippen LogP contribution in [-0.4, -0.2) is 53.3 Å². The second-order valence-corrected chi connectivity index (χ2v) is 6.75. The van der Waals surface area contributed by atoms with Crippen molar-refractivity contribution in [3.05, 3.63) is 35.5 Å². The first-order valence-electron chi connectivity index (χ1n) is 8.54. The molecule has 0 radical (unpaired) electrons. The Morgan fingerprint density at radius 3 is 2.58 bits per heavy atom. The van der Waals surface area contributed by atoms with E-state index in [-0.39, 0.29) is 0 Å². The number of rotatable bonds is 4. The molecule has 1 saturated heterocycles. The topological polar surface area (TPSA) is 57.2 Å². The van der Waals surface area contributed by atoms with E-state index in [9.17, 15) is 0 Å². The van der Waals surface area contributed by atoms with E-state index >= 15 is 0 Å². The summed E-state index contributed by atoms with van der Waals surface area (Å²) in [6.07, 6.45) is 1.75. The van der Waals surface area contributed by atoms with E-state index in [0.29, 0.717) is 11.9 Å². The van der Waals surface area contributed by atoms with Crippen LogP contribution < -0.4 is 10.2 Å². The number of aryl methyl sites for hydroxylation is 1. The third-order valence-electron chi connectivity index (χ3n) is 4.54. The summed E-state index contributed by atoms with van der Waals surface area (Å²) in [5.74, 6) is 1.88. The fraction of sp³-hybridized carbons (Fsp3) is 0.500. The largest absolute Gasteiger partial charge is 0.353 e. The fourth-order valence-electron chi connectivity index (χ4n) is 2.99. The molecule has 3 rings (SSSR count). The molecule has 0 saturated carbocycles. The average molecular weight is 326 g/mol. The van der Waals surface area contributed by atoms with Crippen molar-refractivity contribution in [1.82, 2.24) is 20.1 Å². The van der Waals surface area contributed by atoms with Crippen LogP contribution in [0.2, 0.25) is 0 Å². The van der Waals surface area contributed by atoms with E-state index in [4.69, 9.17) is 0 Å². The van der Waals surface area contributed by atoms with Crippen molar-refractivity contribution >= 4 is 17.5 Å². The van der Waals surface area contributed by atoms with Gasteiger partial charge in [0.15, 0.2) is 5.82 Å². The number of likely N-dealkylation sites (N-methyl/N-ethyl adjacent to an activating group) is 1. The van der Waals surface area contributed by atoms with Crippen LogP contribution in [0.3, 0.4) is 0 Å². The number of anilines is 3. The first-order valence-corrected chi connectivity index (χ1v) is 8.54. The lowest BCUT2D eigenvalue weighted by atomic mass is 9.98. The van der Waals surface area contributed by atoms with Crippen molar-refractivity contribution in [3.63, 3.8) is 0 Å². The number of benzene rings is 1. The highest BCUT2D eigenvalue weighted by Crippen LogP contribution is 2.29. The van der Waals surface area contributed by atoms with E-state index in [1.807, 2.05) is 0 Å². The van der Waals surface area contributed by atoms with Gasteiger partial charge in [0.1, 0.15) is 0 Å². The summed E-state index contributed by atoms with van der Waals surface area (Å²) in [6.45, 7) is 10.5. The van der Waals surface area contributed by atoms with Crippen LogP contribution in [-0.2, 0) is 0 Å². The minimum atomic E-state index is 0.432. The zero-order chi connectivity index (χ0) is 17.1. The van der Waals surface area contributed by atoms with Gasteiger partial charge in [0.2, 0.25) is 5.95 Å². The van der Waals surface area contributed by atoms with Gasteiger partial charge in [0.25, 0.3) is 0 Å². The van der Waals surface area contributed by atoms with Crippen LogP contribution in [0.15, 0.2) is 24.4 Å². The monoisotopic (exact) mass is 326 g/mol. The first kappa shape index (κ1) is 16.6. The van der Waals surface area contributed by atoms with Crippen LogP contribution in [0.5, 0.6) is 0 Å². The quantitative estimate of drug-likeness (QED) is 0.932. The van der Waals surface area contributed by atoms with E-state index in [0.717, 1.165) is 37.7 Å². The maximum Gasteiger partial charge on any atom is 0.249 e. The highest BCUT2D eigenvalue weighted by Gasteiger charge is 2.17. The van der Waals surface area contributed by atoms with Gasteiger partial charge in [-0.25, -0.2) is 0 Å². The molecule has 24 heavy (non-hydrogen) atoms. The predicted octanol–water partition coefficient (Wildman–Crippen LogP) is 2.80. The minimum absolute atomic E-state index is 0.432. The maximum atomic E-state index is 4.68. The van der Waals surface area contributed by atoms with E-state index < -0.39 is 0 Å². The zero-order valence-corrected chi connectivity index (χ0v) is 15.0. The molecular weight excluding hydrogens is 300 g/mol. The van der Waals surface area contributed by atoms with Crippen LogP contribution in [0.1, 0.15) is 30.9 Å². The number of piperazine rings is 1. The molecule has 1 N–H and O–H groups in total. The van der Waals surface area contributed by atoms with Crippen molar-refractivity contribution in [3.8, 4) is 0 Å². The lowest BCUT2D eigenvalue weighted by molar-refractivity contribution is 0.312. The lowest BCUT2D eigenvalue weighted by Gasteiger charge is -2.32. The Kier molecular flexibility index (Phi) is 4.94. The molecule has 0 amide bonds. The summed E-state index contributed by atoms with van der Waals surface area (Å²) in [6, 6.07) is 6.35. The normalized spacial score (nSPS) is 15.8. The van der Waals surface area contributed by atoms with Gasteiger partial charge in [0, 0.05) is 31.9 Å². The molecule has 0 unspecified atom stereocenters. The Balaban J connectivity index is 1.83. The highest BCUT2D eigenvalue weighted by molar-refractivity contribution is 5.64. The van der Waals surface area contributed by atoms with Crippen LogP contribution in [0, 0.1) is 6.92 Å². The fourth-order valence-corrected chi connectivity index (χ4v) is 2.99. The molecule has 0 spiro atoms. The van der Waals surface area contributed by atoms with Gasteiger partial charge < -0.3 is 15.1 Å². The van der Waals surface area contributed by atoms with Gasteiger partial charge in [-0.2, -0.15) is 10.1 Å². The molecule has 1 aromatic carbocycles. The third kappa shape index (κ3) is 3.64. The molecule has 1 aliphatic rings. The Hall–Kier alpha value is -2.21. The number of nitrogens with one attached hydrogen (secondary N) is 1. The molecule has 0 aliphatic carbocycles. The SMILES string of the molecule is Cc1cccc(C(C)C)c1Nc1nncc(N2CCN(C)CC2)n1. The van der Waals surface area contributed by atoms with E-state index in [2.05, 4.69) is 76.3 Å². The second-order valence-electron chi connectivity index (χ2n) is 6.75. The Bertz CT molecular complexity index is 692. The zero-order valence-electron chi connectivity index (χ0n) is 15.0. The second kappa shape index (κ2) is 7.13. The molecule has 1 fully saturated rings. The highest BCUT2D eigenvalue weighted by atomic mass is 15.3. The van der Waals surface area contributed by atoms with Crippen molar-refractivity contribution in [1.29, 1.82) is 0 Å². The summed E-state index contributed by atoms with van der Waals surface area (Å²) >= 11 is 0. The summed E-state index contributed by atoms with van der Waals surface area (Å²) in [4.78, 5) is 9.27. The third-order valence-corrected chi connectivity index (χ3v) is 4.54. The summed E-state index contributed by atoms with van der Waals surface area (Å²) in [7, 11) is 2.15. The van der Waals surface area contributed by atoms with Gasteiger partial charge in [-0.05, 0) is 31.0 Å². The van der Waals surface area contributed by atoms with Crippen LogP contribution >= 0.6 is 0 Å². The van der Waals surface area contributed by atoms with Gasteiger partial charge in [-0.3, -0.25) is 0 Å². The number of aromatic nitrogens is 3. The number of para-hydroxylation sites is 1. The molecule has 6 heteroatoms. The van der Waals surface area contributed by atoms with E-state index in [1.54, 1.807) is 6.20 Å². The van der Waals surface area contributed by atoms with Crippen molar-refractivity contribution in [2.24, 2.45) is 0 Å². The van der Waals surface area contributed by atoms with Crippen LogP contribution in [0.25, 0.3) is 0 Å². The molecule has 6 nitrogen and oxygen atoms in total. The Labute approximate surface area is 143 Å². The number of nitrogens with zero attached hydrogens (tertiary/aromatic N) is 5. The molecule has 1 aromatic heterocycles. The number of hydrogen-bond donors (Lipinski definition) is 1. The standard InChI is InChI=1S/C18H26N6/c1-13(2)15-7-5-6-14(3)17(15)21-18-20-16(12-19-22-18)24-10-8-23(4)9-11-24/h5-7,12-13H,8-11H2,1-4H3,(H,20,21,22). The smallest absolute Gasteiger partial charge is 0.249 e. The van der Waals surface area contributed by atoms with Crippen molar-refractivity contribution in [2.75, 3.05) is 43.4 Å². The van der Waals surface area contributed by atoms with Gasteiger partial charge in [-0.1, -0.05) is 32.0 Å². The van der Waals surface area contributed by atoms with Crippen molar-refractivity contribution < 1.29 is 0 Å². The van der Waals surface area contributed by atoms with Gasteiger partial charge in [-0.15, -0.1) is 5.10 Å². The molecule has 128 valence electrons. The first-order chi connectivity index (χ1) is 11.5. The molecule has 0 atom stereocenters.